The first-order chi connectivity index (χ1) is 10.7. The third kappa shape index (κ3) is 2.11. The van der Waals surface area contributed by atoms with Gasteiger partial charge in [0.15, 0.2) is 0 Å². The lowest BCUT2D eigenvalue weighted by molar-refractivity contribution is -0.125. The van der Waals surface area contributed by atoms with E-state index in [1.807, 2.05) is 30.5 Å². The number of hydrogen-bond donors (Lipinski definition) is 1. The van der Waals surface area contributed by atoms with Gasteiger partial charge in [-0.05, 0) is 18.2 Å². The number of anilines is 1. The highest BCUT2D eigenvalue weighted by Gasteiger charge is 2.38. The molecule has 1 aromatic heterocycles. The molecule has 3 heterocycles. The van der Waals surface area contributed by atoms with Gasteiger partial charge in [-0.2, -0.15) is 0 Å². The number of thioether (sulfide) groups is 1. The Labute approximate surface area is 132 Å². The van der Waals surface area contributed by atoms with E-state index >= 15 is 0 Å². The van der Waals surface area contributed by atoms with Crippen LogP contribution in [0.25, 0.3) is 5.69 Å². The monoisotopic (exact) mass is 313 g/mol. The predicted octanol–water partition coefficient (Wildman–Crippen LogP) is 1.80. The molecule has 5 nitrogen and oxygen atoms in total. The summed E-state index contributed by atoms with van der Waals surface area (Å²) in [4.78, 5) is 25.5. The molecule has 1 aromatic carbocycles. The molecule has 1 fully saturated rings. The summed E-state index contributed by atoms with van der Waals surface area (Å²) in [6.45, 7) is 0.780. The lowest BCUT2D eigenvalue weighted by atomic mass is 10.2. The summed E-state index contributed by atoms with van der Waals surface area (Å²) in [5, 5.41) is 3.53. The van der Waals surface area contributed by atoms with E-state index in [4.69, 9.17) is 0 Å². The van der Waals surface area contributed by atoms with Crippen molar-refractivity contribution in [3.63, 3.8) is 0 Å². The molecular weight excluding hydrogens is 298 g/mol. The largest absolute Gasteiger partial charge is 0.356 e. The van der Waals surface area contributed by atoms with Crippen molar-refractivity contribution in [2.75, 3.05) is 17.2 Å². The Balaban J connectivity index is 1.73. The summed E-state index contributed by atoms with van der Waals surface area (Å²) in [6, 6.07) is 11.8. The van der Waals surface area contributed by atoms with Crippen molar-refractivity contribution in [1.29, 1.82) is 0 Å². The number of carbonyl (C=O) groups is 2. The summed E-state index contributed by atoms with van der Waals surface area (Å²) >= 11 is 1.79. The lowest BCUT2D eigenvalue weighted by Gasteiger charge is -2.32. The first-order valence-corrected chi connectivity index (χ1v) is 8.22. The summed E-state index contributed by atoms with van der Waals surface area (Å²) in [5.41, 5.74) is 2.14. The number of rotatable bonds is 2. The first-order valence-electron chi connectivity index (χ1n) is 7.24. The van der Waals surface area contributed by atoms with Crippen molar-refractivity contribution in [1.82, 2.24) is 9.88 Å². The number of imide groups is 1. The average molecular weight is 313 g/mol. The summed E-state index contributed by atoms with van der Waals surface area (Å²) in [5.74, 6) is 0.537. The summed E-state index contributed by atoms with van der Waals surface area (Å²) < 4.78 is 2.14. The fraction of sp³-hybridized carbons (Fsp3) is 0.250. The highest BCUT2D eigenvalue weighted by Crippen LogP contribution is 2.39. The van der Waals surface area contributed by atoms with Crippen LogP contribution in [0.3, 0.4) is 0 Å². The zero-order valence-electron chi connectivity index (χ0n) is 11.9. The van der Waals surface area contributed by atoms with Gasteiger partial charge in [-0.25, -0.2) is 0 Å². The molecule has 2 aliphatic rings. The van der Waals surface area contributed by atoms with Gasteiger partial charge in [0.05, 0.1) is 12.1 Å². The number of nitrogens with one attached hydrogen (secondary N) is 1. The number of fused-ring (bicyclic) bond motifs is 1. The van der Waals surface area contributed by atoms with Crippen molar-refractivity contribution in [2.45, 2.75) is 17.5 Å². The first kappa shape index (κ1) is 13.5. The van der Waals surface area contributed by atoms with Crippen LogP contribution in [0.15, 0.2) is 47.6 Å². The van der Waals surface area contributed by atoms with Crippen LogP contribution >= 0.6 is 11.8 Å². The van der Waals surface area contributed by atoms with Gasteiger partial charge in [0.1, 0.15) is 11.1 Å². The van der Waals surface area contributed by atoms with Gasteiger partial charge in [0.25, 0.3) is 0 Å². The quantitative estimate of drug-likeness (QED) is 0.859. The van der Waals surface area contributed by atoms with Gasteiger partial charge in [0.2, 0.25) is 11.8 Å². The molecule has 4 rings (SSSR count). The second-order valence-electron chi connectivity index (χ2n) is 5.39. The van der Waals surface area contributed by atoms with Gasteiger partial charge >= 0.3 is 0 Å². The van der Waals surface area contributed by atoms with Crippen LogP contribution in [0, 0.1) is 0 Å². The highest BCUT2D eigenvalue weighted by molar-refractivity contribution is 7.99. The van der Waals surface area contributed by atoms with Crippen molar-refractivity contribution >= 4 is 29.3 Å². The average Bonchev–Trinajstić information content (AvgIpc) is 3.11. The number of hydrogen-bond acceptors (Lipinski definition) is 4. The van der Waals surface area contributed by atoms with Crippen molar-refractivity contribution in [2.24, 2.45) is 0 Å². The molecule has 0 aliphatic carbocycles. The Hall–Kier alpha value is -2.21. The van der Waals surface area contributed by atoms with Crippen LogP contribution in [-0.4, -0.2) is 34.7 Å². The molecule has 112 valence electrons. The Morgan fingerprint density at radius 3 is 2.68 bits per heavy atom. The molecule has 22 heavy (non-hydrogen) atoms. The summed E-state index contributed by atoms with van der Waals surface area (Å²) in [7, 11) is 0. The van der Waals surface area contributed by atoms with E-state index in [1.165, 1.54) is 0 Å². The minimum Gasteiger partial charge on any atom is -0.356 e. The molecule has 6 heteroatoms. The third-order valence-corrected chi connectivity index (χ3v) is 5.12. The van der Waals surface area contributed by atoms with Crippen LogP contribution in [0.2, 0.25) is 0 Å². The number of para-hydroxylation sites is 1. The zero-order valence-corrected chi connectivity index (χ0v) is 12.7. The molecule has 1 atom stereocenters. The van der Waals surface area contributed by atoms with Crippen molar-refractivity contribution in [3.05, 3.63) is 42.6 Å². The van der Waals surface area contributed by atoms with Gasteiger partial charge in [-0.1, -0.05) is 18.2 Å². The van der Waals surface area contributed by atoms with E-state index in [-0.39, 0.29) is 24.3 Å². The topological polar surface area (TPSA) is 54.3 Å². The third-order valence-electron chi connectivity index (χ3n) is 4.05. The van der Waals surface area contributed by atoms with E-state index in [0.29, 0.717) is 0 Å². The number of aromatic nitrogens is 1. The van der Waals surface area contributed by atoms with Crippen LogP contribution in [0.5, 0.6) is 0 Å². The second-order valence-corrected chi connectivity index (χ2v) is 6.47. The maximum Gasteiger partial charge on any atom is 0.249 e. The maximum atomic E-state index is 12.0. The molecular formula is C16H15N3O2S. The fourth-order valence-electron chi connectivity index (χ4n) is 3.04. The van der Waals surface area contributed by atoms with Crippen LogP contribution in [0.4, 0.5) is 5.69 Å². The van der Waals surface area contributed by atoms with E-state index < -0.39 is 0 Å². The smallest absolute Gasteiger partial charge is 0.249 e. The summed E-state index contributed by atoms with van der Waals surface area (Å²) in [6.07, 6.45) is 2.28. The molecule has 0 bridgehead atoms. The fourth-order valence-corrected chi connectivity index (χ4v) is 4.16. The molecule has 1 N–H and O–H groups in total. The minimum atomic E-state index is -0.376. The zero-order chi connectivity index (χ0) is 15.1. The van der Waals surface area contributed by atoms with Crippen LogP contribution < -0.4 is 10.2 Å². The molecule has 2 aliphatic heterocycles. The number of benzene rings is 1. The Morgan fingerprint density at radius 2 is 1.95 bits per heavy atom. The molecule has 0 spiro atoms. The molecule has 2 amide bonds. The van der Waals surface area contributed by atoms with Gasteiger partial charge < -0.3 is 9.47 Å². The van der Waals surface area contributed by atoms with Crippen molar-refractivity contribution < 1.29 is 9.59 Å². The highest BCUT2D eigenvalue weighted by atomic mass is 32.2. The van der Waals surface area contributed by atoms with E-state index in [2.05, 4.69) is 26.9 Å². The van der Waals surface area contributed by atoms with Crippen molar-refractivity contribution in [3.8, 4) is 5.69 Å². The van der Waals surface area contributed by atoms with Gasteiger partial charge in [0, 0.05) is 24.2 Å². The Kier molecular flexibility index (Phi) is 3.18. The minimum absolute atomic E-state index is 0.183. The van der Waals surface area contributed by atoms with E-state index in [9.17, 15) is 9.59 Å². The Bertz CT molecular complexity index is 741. The maximum absolute atomic E-state index is 12.0. The predicted molar refractivity (Wildman–Crippen MR) is 85.4 cm³/mol. The lowest BCUT2D eigenvalue weighted by Crippen LogP contribution is -2.43. The molecule has 1 saturated heterocycles. The number of amides is 2. The van der Waals surface area contributed by atoms with E-state index in [1.54, 1.807) is 11.8 Å². The SMILES string of the molecule is O=C1CC(N2CCSc3c2ccn3-c2ccccc2)C(=O)N1. The number of carbonyl (C=O) groups excluding carboxylic acids is 2. The molecule has 2 aromatic rings. The normalized spacial score (nSPS) is 20.9. The van der Waals surface area contributed by atoms with Gasteiger partial charge in [-0.3, -0.25) is 14.9 Å². The van der Waals surface area contributed by atoms with Crippen LogP contribution in [-0.2, 0) is 9.59 Å². The van der Waals surface area contributed by atoms with Gasteiger partial charge in [-0.15, -0.1) is 11.8 Å². The molecule has 0 saturated carbocycles. The molecule has 1 unspecified atom stereocenters. The van der Waals surface area contributed by atoms with Crippen LogP contribution in [0.1, 0.15) is 6.42 Å². The second kappa shape index (κ2) is 5.21. The van der Waals surface area contributed by atoms with E-state index in [0.717, 1.165) is 28.7 Å². The molecule has 0 radical (unpaired) electrons. The number of nitrogens with zero attached hydrogens (tertiary/aromatic N) is 2. The Morgan fingerprint density at radius 1 is 1.14 bits per heavy atom. The standard InChI is InChI=1S/C16H15N3O2S/c20-14-10-13(15(21)17-14)19-8-9-22-16-12(19)6-7-18(16)11-4-2-1-3-5-11/h1-7,13H,8-10H2,(H,17,20,21).